The molecule has 1 N–H and O–H groups in total. The van der Waals surface area contributed by atoms with E-state index in [2.05, 4.69) is 16.1 Å². The summed E-state index contributed by atoms with van der Waals surface area (Å²) in [5.41, 5.74) is -0.461. The Labute approximate surface area is 161 Å². The van der Waals surface area contributed by atoms with Gasteiger partial charge in [-0.15, -0.1) is 0 Å². The van der Waals surface area contributed by atoms with Gasteiger partial charge in [-0.05, 0) is 44.3 Å². The van der Waals surface area contributed by atoms with Crippen molar-refractivity contribution in [1.29, 1.82) is 0 Å². The van der Waals surface area contributed by atoms with Crippen molar-refractivity contribution < 1.29 is 4.79 Å². The standard InChI is InChI=1S/C19H24N4O3S/c1-27-16-11-22(10-15(16)21-8-4-5-9-21)17(24)12-23-18(25)13-6-2-3-7-14(13)20-19(23)26/h2-3,6-7,15-16H,4-5,8-12H2,1H3,(H,20,26)/t15-,16-/m1/s1. The van der Waals surface area contributed by atoms with Crippen LogP contribution in [-0.4, -0.2) is 69.0 Å². The average Bonchev–Trinajstić information content (AvgIpc) is 3.34. The number of likely N-dealkylation sites (tertiary alicyclic amines) is 2. The Hall–Kier alpha value is -2.06. The van der Waals surface area contributed by atoms with Crippen LogP contribution in [0.1, 0.15) is 12.8 Å². The number of carbonyl (C=O) groups excluding carboxylic acids is 1. The van der Waals surface area contributed by atoms with Crippen molar-refractivity contribution in [3.8, 4) is 0 Å². The smallest absolute Gasteiger partial charge is 0.329 e. The van der Waals surface area contributed by atoms with E-state index in [0.717, 1.165) is 17.7 Å². The minimum absolute atomic E-state index is 0.168. The minimum atomic E-state index is -0.538. The van der Waals surface area contributed by atoms with Crippen LogP contribution in [0.25, 0.3) is 10.9 Å². The Bertz CT molecular complexity index is 963. The third kappa shape index (κ3) is 3.43. The summed E-state index contributed by atoms with van der Waals surface area (Å²) >= 11 is 1.79. The number of benzene rings is 1. The van der Waals surface area contributed by atoms with E-state index in [4.69, 9.17) is 0 Å². The number of para-hydroxylation sites is 1. The molecular weight excluding hydrogens is 364 g/mol. The van der Waals surface area contributed by atoms with Crippen LogP contribution in [0.5, 0.6) is 0 Å². The molecule has 8 heteroatoms. The van der Waals surface area contributed by atoms with E-state index in [1.165, 1.54) is 12.8 Å². The van der Waals surface area contributed by atoms with Gasteiger partial charge in [0, 0.05) is 24.4 Å². The molecule has 27 heavy (non-hydrogen) atoms. The van der Waals surface area contributed by atoms with Crippen LogP contribution < -0.4 is 11.2 Å². The van der Waals surface area contributed by atoms with Gasteiger partial charge in [0.15, 0.2) is 0 Å². The maximum atomic E-state index is 12.9. The molecule has 1 aromatic carbocycles. The first-order chi connectivity index (χ1) is 13.1. The molecule has 144 valence electrons. The Kier molecular flexibility index (Phi) is 5.10. The molecule has 0 spiro atoms. The van der Waals surface area contributed by atoms with Crippen LogP contribution in [0, 0.1) is 0 Å². The van der Waals surface area contributed by atoms with E-state index in [1.807, 2.05) is 4.90 Å². The number of nitrogens with one attached hydrogen (secondary N) is 1. The summed E-state index contributed by atoms with van der Waals surface area (Å²) in [7, 11) is 0. The number of amides is 1. The molecule has 1 amide bonds. The largest absolute Gasteiger partial charge is 0.338 e. The monoisotopic (exact) mass is 388 g/mol. The molecule has 0 aliphatic carbocycles. The van der Waals surface area contributed by atoms with E-state index in [1.54, 1.807) is 36.0 Å². The van der Waals surface area contributed by atoms with Crippen LogP contribution >= 0.6 is 11.8 Å². The zero-order valence-electron chi connectivity index (χ0n) is 15.4. The van der Waals surface area contributed by atoms with E-state index < -0.39 is 11.2 Å². The third-order valence-corrected chi connectivity index (χ3v) is 6.75. The normalized spacial score (nSPS) is 23.4. The molecular formula is C19H24N4O3S. The van der Waals surface area contributed by atoms with Crippen molar-refractivity contribution in [2.24, 2.45) is 0 Å². The molecule has 2 atom stereocenters. The Balaban J connectivity index is 1.55. The molecule has 3 heterocycles. The van der Waals surface area contributed by atoms with Crippen LogP contribution in [-0.2, 0) is 11.3 Å². The highest BCUT2D eigenvalue weighted by molar-refractivity contribution is 7.99. The number of nitrogens with zero attached hydrogens (tertiary/aromatic N) is 3. The van der Waals surface area contributed by atoms with Gasteiger partial charge in [0.2, 0.25) is 5.91 Å². The van der Waals surface area contributed by atoms with Gasteiger partial charge < -0.3 is 9.88 Å². The number of carbonyl (C=O) groups is 1. The van der Waals surface area contributed by atoms with Crippen molar-refractivity contribution in [2.75, 3.05) is 32.4 Å². The number of fused-ring (bicyclic) bond motifs is 1. The van der Waals surface area contributed by atoms with Crippen molar-refractivity contribution in [3.05, 3.63) is 45.1 Å². The Morgan fingerprint density at radius 1 is 1.19 bits per heavy atom. The van der Waals surface area contributed by atoms with Crippen LogP contribution in [0.2, 0.25) is 0 Å². The highest BCUT2D eigenvalue weighted by atomic mass is 32.2. The lowest BCUT2D eigenvalue weighted by atomic mass is 10.2. The molecule has 0 bridgehead atoms. The molecule has 0 radical (unpaired) electrons. The van der Waals surface area contributed by atoms with Gasteiger partial charge >= 0.3 is 5.69 Å². The molecule has 2 aliphatic rings. The summed E-state index contributed by atoms with van der Waals surface area (Å²) in [5, 5.41) is 0.793. The first kappa shape index (κ1) is 18.3. The average molecular weight is 388 g/mol. The third-order valence-electron chi connectivity index (χ3n) is 5.68. The fourth-order valence-corrected chi connectivity index (χ4v) is 5.10. The van der Waals surface area contributed by atoms with Gasteiger partial charge in [-0.3, -0.25) is 19.1 Å². The zero-order valence-corrected chi connectivity index (χ0v) is 16.2. The second-order valence-corrected chi connectivity index (χ2v) is 8.33. The Morgan fingerprint density at radius 3 is 2.67 bits per heavy atom. The van der Waals surface area contributed by atoms with Crippen molar-refractivity contribution in [3.63, 3.8) is 0 Å². The number of H-pyrrole nitrogens is 1. The van der Waals surface area contributed by atoms with E-state index in [0.29, 0.717) is 35.3 Å². The number of aromatic amines is 1. The Morgan fingerprint density at radius 2 is 1.93 bits per heavy atom. The molecule has 4 rings (SSSR count). The maximum Gasteiger partial charge on any atom is 0.329 e. The minimum Gasteiger partial charge on any atom is -0.338 e. The molecule has 2 aliphatic heterocycles. The molecule has 2 saturated heterocycles. The lowest BCUT2D eigenvalue weighted by Crippen LogP contribution is -2.43. The van der Waals surface area contributed by atoms with E-state index >= 15 is 0 Å². The quantitative estimate of drug-likeness (QED) is 0.835. The molecule has 1 aromatic heterocycles. The highest BCUT2D eigenvalue weighted by Gasteiger charge is 2.39. The molecule has 0 saturated carbocycles. The second kappa shape index (κ2) is 7.52. The number of hydrogen-bond donors (Lipinski definition) is 1. The zero-order chi connectivity index (χ0) is 19.0. The predicted octanol–water partition coefficient (Wildman–Crippen LogP) is 0.728. The maximum absolute atomic E-state index is 12.9. The summed E-state index contributed by atoms with van der Waals surface area (Å²) < 4.78 is 1.02. The number of rotatable bonds is 4. The highest BCUT2D eigenvalue weighted by Crippen LogP contribution is 2.28. The second-order valence-electron chi connectivity index (χ2n) is 7.25. The fourth-order valence-electron chi connectivity index (χ4n) is 4.19. The van der Waals surface area contributed by atoms with Gasteiger partial charge in [0.05, 0.1) is 10.9 Å². The predicted molar refractivity (Wildman–Crippen MR) is 107 cm³/mol. The van der Waals surface area contributed by atoms with Crippen LogP contribution in [0.4, 0.5) is 0 Å². The summed E-state index contributed by atoms with van der Waals surface area (Å²) in [6.45, 7) is 3.31. The molecule has 0 unspecified atom stereocenters. The van der Waals surface area contributed by atoms with Crippen molar-refractivity contribution in [1.82, 2.24) is 19.4 Å². The molecule has 7 nitrogen and oxygen atoms in total. The van der Waals surface area contributed by atoms with Gasteiger partial charge in [0.1, 0.15) is 6.54 Å². The summed E-state index contributed by atoms with van der Waals surface area (Å²) in [6, 6.07) is 7.22. The van der Waals surface area contributed by atoms with Gasteiger partial charge in [-0.1, -0.05) is 12.1 Å². The van der Waals surface area contributed by atoms with Gasteiger partial charge in [-0.25, -0.2) is 4.79 Å². The lowest BCUT2D eigenvalue weighted by molar-refractivity contribution is -0.131. The summed E-state index contributed by atoms with van der Waals surface area (Å²) in [4.78, 5) is 44.8. The van der Waals surface area contributed by atoms with E-state index in [9.17, 15) is 14.4 Å². The SMILES string of the molecule is CS[C@@H]1CN(C(=O)Cn2c(=O)[nH]c3ccccc3c2=O)C[C@H]1N1CCCC1. The number of thioether (sulfide) groups is 1. The van der Waals surface area contributed by atoms with Gasteiger partial charge in [-0.2, -0.15) is 11.8 Å². The van der Waals surface area contributed by atoms with Gasteiger partial charge in [0.25, 0.3) is 5.56 Å². The van der Waals surface area contributed by atoms with Crippen LogP contribution in [0.15, 0.2) is 33.9 Å². The summed E-state index contributed by atoms with van der Waals surface area (Å²) in [5.74, 6) is -0.168. The molecule has 2 fully saturated rings. The topological polar surface area (TPSA) is 78.4 Å². The van der Waals surface area contributed by atoms with E-state index in [-0.39, 0.29) is 12.5 Å². The lowest BCUT2D eigenvalue weighted by Gasteiger charge is -2.27. The first-order valence-electron chi connectivity index (χ1n) is 9.35. The number of hydrogen-bond acceptors (Lipinski definition) is 5. The molecule has 2 aromatic rings. The fraction of sp³-hybridized carbons (Fsp3) is 0.526. The van der Waals surface area contributed by atoms with Crippen molar-refractivity contribution >= 4 is 28.6 Å². The summed E-state index contributed by atoms with van der Waals surface area (Å²) in [6.07, 6.45) is 4.51. The van der Waals surface area contributed by atoms with Crippen LogP contribution in [0.3, 0.4) is 0 Å². The van der Waals surface area contributed by atoms with Crippen molar-refractivity contribution in [2.45, 2.75) is 30.7 Å². The first-order valence-corrected chi connectivity index (χ1v) is 10.6. The number of aromatic nitrogens is 2.